The molecule has 1 aromatic heterocycles. The summed E-state index contributed by atoms with van der Waals surface area (Å²) in [5, 5.41) is 10.5. The molecule has 1 amide bonds. The zero-order valence-corrected chi connectivity index (χ0v) is 18.7. The second-order valence-corrected chi connectivity index (χ2v) is 9.03. The largest absolute Gasteiger partial charge is 0.410 e. The number of hydrogen-bond acceptors (Lipinski definition) is 4. The molecular weight excluding hydrogens is 419 g/mol. The van der Waals surface area contributed by atoms with Crippen LogP contribution in [0.15, 0.2) is 24.3 Å². The van der Waals surface area contributed by atoms with Crippen LogP contribution in [-0.4, -0.2) is 52.4 Å². The third-order valence-electron chi connectivity index (χ3n) is 6.49. The number of alkyl halides is 3. The molecule has 3 atom stereocenters. The van der Waals surface area contributed by atoms with Crippen molar-refractivity contribution in [1.29, 1.82) is 0 Å². The first-order valence-electron chi connectivity index (χ1n) is 11.2. The number of fused-ring (bicyclic) bond motifs is 1. The number of nitrogens with zero attached hydrogens (tertiary/aromatic N) is 3. The minimum atomic E-state index is -4.33. The molecule has 2 N–H and O–H groups in total. The van der Waals surface area contributed by atoms with E-state index in [9.17, 15) is 18.0 Å². The molecule has 9 heteroatoms. The second kappa shape index (κ2) is 8.77. The zero-order chi connectivity index (χ0) is 23.0. The third-order valence-corrected chi connectivity index (χ3v) is 6.49. The maximum atomic E-state index is 13.6. The van der Waals surface area contributed by atoms with Crippen LogP contribution >= 0.6 is 0 Å². The van der Waals surface area contributed by atoms with Crippen LogP contribution in [-0.2, 0) is 4.79 Å². The summed E-state index contributed by atoms with van der Waals surface area (Å²) >= 11 is 0. The van der Waals surface area contributed by atoms with Gasteiger partial charge in [0.15, 0.2) is 6.04 Å². The van der Waals surface area contributed by atoms with Gasteiger partial charge in [0.2, 0.25) is 5.91 Å². The van der Waals surface area contributed by atoms with E-state index in [-0.39, 0.29) is 30.8 Å². The molecule has 1 fully saturated rings. The number of aromatic nitrogens is 2. The number of nitrogens with one attached hydrogen (secondary N) is 2. The third kappa shape index (κ3) is 4.77. The van der Waals surface area contributed by atoms with E-state index in [1.54, 1.807) is 6.07 Å². The molecule has 6 nitrogen and oxygen atoms in total. The monoisotopic (exact) mass is 449 g/mol. The van der Waals surface area contributed by atoms with Crippen LogP contribution in [0, 0.1) is 13.8 Å². The van der Waals surface area contributed by atoms with Crippen molar-refractivity contribution in [3.05, 3.63) is 41.1 Å². The van der Waals surface area contributed by atoms with Crippen molar-refractivity contribution >= 4 is 17.4 Å². The summed E-state index contributed by atoms with van der Waals surface area (Å²) in [6, 6.07) is 5.82. The Morgan fingerprint density at radius 1 is 1.28 bits per heavy atom. The molecule has 2 aliphatic rings. The summed E-state index contributed by atoms with van der Waals surface area (Å²) in [6.45, 7) is 7.41. The average molecular weight is 450 g/mol. The fourth-order valence-electron chi connectivity index (χ4n) is 4.70. The van der Waals surface area contributed by atoms with E-state index in [2.05, 4.69) is 15.7 Å². The fraction of sp³-hybridized carbons (Fsp3) is 0.565. The lowest BCUT2D eigenvalue weighted by molar-refractivity contribution is -0.173. The van der Waals surface area contributed by atoms with Crippen molar-refractivity contribution in [3.63, 3.8) is 0 Å². The van der Waals surface area contributed by atoms with E-state index in [0.717, 1.165) is 27.9 Å². The van der Waals surface area contributed by atoms with Gasteiger partial charge in [-0.15, -0.1) is 0 Å². The van der Waals surface area contributed by atoms with E-state index < -0.39 is 12.2 Å². The standard InChI is InChI=1S/C23H30F3N5O/c1-4-17-10-20(23(24,25)26)31-21(27-17)11-19(29-31)16-7-8-30(12-16)13-22(32)28-18-6-5-14(2)9-15(18)3/h5-6,9,11,16-17,20,27H,4,7-8,10,12-13H2,1-3H3,(H,28,32)/t16-,17+,20-/m0/s1. The van der Waals surface area contributed by atoms with Gasteiger partial charge in [-0.25, -0.2) is 4.68 Å². The molecule has 3 heterocycles. The van der Waals surface area contributed by atoms with Gasteiger partial charge < -0.3 is 10.6 Å². The SMILES string of the molecule is CC[C@@H]1C[C@@H](C(F)(F)F)n2nc([C@H]3CCN(CC(=O)Nc4ccc(C)cc4C)C3)cc2N1. The highest BCUT2D eigenvalue weighted by atomic mass is 19.4. The predicted octanol–water partition coefficient (Wildman–Crippen LogP) is 4.63. The first kappa shape index (κ1) is 22.6. The average Bonchev–Trinajstić information content (AvgIpc) is 3.35. The minimum absolute atomic E-state index is 0.0104. The summed E-state index contributed by atoms with van der Waals surface area (Å²) in [5.74, 6) is 0.357. The number of rotatable bonds is 5. The first-order chi connectivity index (χ1) is 15.1. The molecule has 2 aromatic rings. The topological polar surface area (TPSA) is 62.2 Å². The van der Waals surface area contributed by atoms with Crippen molar-refractivity contribution in [1.82, 2.24) is 14.7 Å². The molecule has 0 spiro atoms. The lowest BCUT2D eigenvalue weighted by atomic mass is 10.0. The van der Waals surface area contributed by atoms with Gasteiger partial charge in [0, 0.05) is 30.3 Å². The van der Waals surface area contributed by atoms with Crippen molar-refractivity contribution in [2.24, 2.45) is 0 Å². The van der Waals surface area contributed by atoms with Gasteiger partial charge in [-0.1, -0.05) is 24.6 Å². The Balaban J connectivity index is 1.40. The van der Waals surface area contributed by atoms with Crippen molar-refractivity contribution in [3.8, 4) is 0 Å². The molecule has 0 radical (unpaired) electrons. The molecule has 174 valence electrons. The van der Waals surface area contributed by atoms with Crippen molar-refractivity contribution in [2.75, 3.05) is 30.3 Å². The molecular formula is C23H30F3N5O. The number of aryl methyl sites for hydroxylation is 2. The molecule has 0 unspecified atom stereocenters. The molecule has 1 aromatic carbocycles. The zero-order valence-electron chi connectivity index (χ0n) is 18.7. The summed E-state index contributed by atoms with van der Waals surface area (Å²) in [5.41, 5.74) is 3.61. The highest BCUT2D eigenvalue weighted by Gasteiger charge is 2.46. The molecule has 32 heavy (non-hydrogen) atoms. The van der Waals surface area contributed by atoms with Crippen LogP contribution in [0.2, 0.25) is 0 Å². The van der Waals surface area contributed by atoms with Crippen LogP contribution in [0.4, 0.5) is 24.7 Å². The summed E-state index contributed by atoms with van der Waals surface area (Å²) < 4.78 is 41.9. The van der Waals surface area contributed by atoms with Crippen LogP contribution in [0.1, 0.15) is 55.0 Å². The van der Waals surface area contributed by atoms with E-state index in [1.807, 2.05) is 43.9 Å². The number of carbonyl (C=O) groups excluding carboxylic acids is 1. The van der Waals surface area contributed by atoms with E-state index in [4.69, 9.17) is 0 Å². The van der Waals surface area contributed by atoms with Gasteiger partial charge in [-0.3, -0.25) is 9.69 Å². The number of carbonyl (C=O) groups is 1. The second-order valence-electron chi connectivity index (χ2n) is 9.03. The number of hydrogen-bond donors (Lipinski definition) is 2. The Hall–Kier alpha value is -2.55. The number of amides is 1. The fourth-order valence-corrected chi connectivity index (χ4v) is 4.70. The number of halogens is 3. The lowest BCUT2D eigenvalue weighted by Crippen LogP contribution is -2.38. The highest BCUT2D eigenvalue weighted by molar-refractivity contribution is 5.93. The van der Waals surface area contributed by atoms with Crippen LogP contribution < -0.4 is 10.6 Å². The molecule has 0 aliphatic carbocycles. The molecule has 4 rings (SSSR count). The summed E-state index contributed by atoms with van der Waals surface area (Å²) in [7, 11) is 0. The van der Waals surface area contributed by atoms with Crippen molar-refractivity contribution in [2.45, 2.75) is 64.2 Å². The minimum Gasteiger partial charge on any atom is -0.367 e. The van der Waals surface area contributed by atoms with Crippen LogP contribution in [0.3, 0.4) is 0 Å². The molecule has 0 saturated carbocycles. The van der Waals surface area contributed by atoms with Gasteiger partial charge in [0.1, 0.15) is 5.82 Å². The highest BCUT2D eigenvalue weighted by Crippen LogP contribution is 2.41. The number of benzene rings is 1. The van der Waals surface area contributed by atoms with E-state index in [0.29, 0.717) is 31.0 Å². The number of likely N-dealkylation sites (tertiary alicyclic amines) is 1. The smallest absolute Gasteiger partial charge is 0.367 e. The molecule has 1 saturated heterocycles. The quantitative estimate of drug-likeness (QED) is 0.699. The Kier molecular flexibility index (Phi) is 6.20. The van der Waals surface area contributed by atoms with E-state index in [1.165, 1.54) is 0 Å². The summed E-state index contributed by atoms with van der Waals surface area (Å²) in [4.78, 5) is 14.6. The Labute approximate surface area is 186 Å². The van der Waals surface area contributed by atoms with Gasteiger partial charge in [-0.2, -0.15) is 18.3 Å². The van der Waals surface area contributed by atoms with Gasteiger partial charge in [0.05, 0.1) is 12.2 Å². The normalized spacial score (nSPS) is 23.6. The van der Waals surface area contributed by atoms with Gasteiger partial charge >= 0.3 is 6.18 Å². The van der Waals surface area contributed by atoms with Crippen LogP contribution in [0.25, 0.3) is 0 Å². The Bertz CT molecular complexity index is 986. The molecule has 0 bridgehead atoms. The maximum absolute atomic E-state index is 13.6. The van der Waals surface area contributed by atoms with E-state index >= 15 is 0 Å². The van der Waals surface area contributed by atoms with Gasteiger partial charge in [-0.05, 0) is 51.3 Å². The molecule has 2 aliphatic heterocycles. The van der Waals surface area contributed by atoms with Crippen molar-refractivity contribution < 1.29 is 18.0 Å². The maximum Gasteiger partial charge on any atom is 0.410 e. The van der Waals surface area contributed by atoms with Gasteiger partial charge in [0.25, 0.3) is 0 Å². The Morgan fingerprint density at radius 3 is 2.75 bits per heavy atom. The van der Waals surface area contributed by atoms with Crippen LogP contribution in [0.5, 0.6) is 0 Å². The Morgan fingerprint density at radius 2 is 2.06 bits per heavy atom. The number of anilines is 2. The summed E-state index contributed by atoms with van der Waals surface area (Å²) in [6.07, 6.45) is -2.95. The first-order valence-corrected chi connectivity index (χ1v) is 11.2. The lowest BCUT2D eigenvalue weighted by Gasteiger charge is -2.32. The predicted molar refractivity (Wildman–Crippen MR) is 118 cm³/mol.